The van der Waals surface area contributed by atoms with E-state index in [-0.39, 0.29) is 5.91 Å². The molecular weight excluding hydrogens is 350 g/mol. The molecule has 0 spiro atoms. The van der Waals surface area contributed by atoms with E-state index in [1.165, 1.54) is 0 Å². The second kappa shape index (κ2) is 6.63. The average Bonchev–Trinajstić information content (AvgIpc) is 2.47. The van der Waals surface area contributed by atoms with Crippen molar-refractivity contribution in [3.05, 3.63) is 69.7 Å². The molecule has 1 atom stereocenters. The molecule has 0 aliphatic rings. The van der Waals surface area contributed by atoms with Gasteiger partial charge in [-0.3, -0.25) is 4.79 Å². The van der Waals surface area contributed by atoms with E-state index in [2.05, 4.69) is 21.2 Å². The molecule has 2 rings (SSSR count). The summed E-state index contributed by atoms with van der Waals surface area (Å²) in [7, 11) is 0. The fourth-order valence-electron chi connectivity index (χ4n) is 2.11. The highest BCUT2D eigenvalue weighted by Gasteiger charge is 2.28. The zero-order chi connectivity index (χ0) is 15.5. The molecule has 110 valence electrons. The third-order valence-corrected chi connectivity index (χ3v) is 4.63. The van der Waals surface area contributed by atoms with Crippen LogP contribution in [-0.4, -0.2) is 11.8 Å². The lowest BCUT2D eigenvalue weighted by Gasteiger charge is -2.29. The summed E-state index contributed by atoms with van der Waals surface area (Å²) < 4.78 is 0.782. The molecule has 0 aromatic heterocycles. The molecule has 0 fully saturated rings. The van der Waals surface area contributed by atoms with Gasteiger partial charge in [0.2, 0.25) is 0 Å². The molecule has 0 heterocycles. The fourth-order valence-corrected chi connectivity index (χ4v) is 3.01. The normalized spacial score (nSPS) is 13.5. The fraction of sp³-hybridized carbons (Fsp3) is 0.235. The van der Waals surface area contributed by atoms with E-state index in [9.17, 15) is 4.79 Å². The molecule has 0 saturated carbocycles. The number of benzene rings is 2. The highest BCUT2D eigenvalue weighted by atomic mass is 79.9. The molecule has 0 aliphatic carbocycles. The quantitative estimate of drug-likeness (QED) is 0.785. The number of alkyl halides is 1. The molecule has 1 unspecified atom stereocenters. The Morgan fingerprint density at radius 1 is 1.24 bits per heavy atom. The van der Waals surface area contributed by atoms with Gasteiger partial charge in [-0.05, 0) is 53.0 Å². The third-order valence-electron chi connectivity index (χ3n) is 3.44. The van der Waals surface area contributed by atoms with Crippen molar-refractivity contribution in [3.63, 3.8) is 0 Å². The Labute approximate surface area is 138 Å². The predicted octanol–water partition coefficient (Wildman–Crippen LogP) is 4.64. The Morgan fingerprint density at radius 2 is 1.90 bits per heavy atom. The van der Waals surface area contributed by atoms with E-state index in [1.54, 1.807) is 0 Å². The topological polar surface area (TPSA) is 29.1 Å². The molecule has 0 radical (unpaired) electrons. The molecule has 1 N–H and O–H groups in total. The number of carbonyl (C=O) groups excluding carboxylic acids is 1. The summed E-state index contributed by atoms with van der Waals surface area (Å²) in [4.78, 5) is 12.5. The van der Waals surface area contributed by atoms with Crippen LogP contribution in [0.15, 0.2) is 53.0 Å². The van der Waals surface area contributed by atoms with Crippen molar-refractivity contribution >= 4 is 33.4 Å². The summed E-state index contributed by atoms with van der Waals surface area (Å²) in [5.74, 6) is 0.153. The van der Waals surface area contributed by atoms with Crippen LogP contribution in [0.5, 0.6) is 0 Å². The van der Waals surface area contributed by atoms with Crippen molar-refractivity contribution in [1.29, 1.82) is 0 Å². The molecule has 0 bridgehead atoms. The number of halogens is 2. The van der Waals surface area contributed by atoms with E-state index in [0.717, 1.165) is 15.6 Å². The first-order valence-corrected chi connectivity index (χ1v) is 7.99. The maximum atomic E-state index is 12.5. The van der Waals surface area contributed by atoms with Gasteiger partial charge in [0.25, 0.3) is 5.91 Å². The third kappa shape index (κ3) is 3.66. The molecule has 21 heavy (non-hydrogen) atoms. The summed E-state index contributed by atoms with van der Waals surface area (Å²) in [6.45, 7) is 3.91. The van der Waals surface area contributed by atoms with Crippen LogP contribution in [0, 0.1) is 6.92 Å². The second-order valence-corrected chi connectivity index (χ2v) is 6.39. The minimum Gasteiger partial charge on any atom is -0.342 e. The summed E-state index contributed by atoms with van der Waals surface area (Å²) in [6.07, 6.45) is 0. The highest BCUT2D eigenvalue weighted by molar-refractivity contribution is 9.10. The van der Waals surface area contributed by atoms with Gasteiger partial charge < -0.3 is 5.32 Å². The van der Waals surface area contributed by atoms with Crippen molar-refractivity contribution in [3.8, 4) is 0 Å². The van der Waals surface area contributed by atoms with E-state index in [1.807, 2.05) is 62.4 Å². The Morgan fingerprint density at radius 3 is 2.48 bits per heavy atom. The standard InChI is InChI=1S/C17H17BrClNO/c1-12-8-9-14(15(18)10-12)16(21)20-17(2,11-19)13-6-4-3-5-7-13/h3-10H,11H2,1-2H3,(H,20,21). The maximum absolute atomic E-state index is 12.5. The largest absolute Gasteiger partial charge is 0.342 e. The van der Waals surface area contributed by atoms with E-state index < -0.39 is 5.54 Å². The predicted molar refractivity (Wildman–Crippen MR) is 90.9 cm³/mol. The molecule has 0 saturated heterocycles. The van der Waals surface area contributed by atoms with Gasteiger partial charge in [-0.25, -0.2) is 0 Å². The van der Waals surface area contributed by atoms with Crippen LogP contribution in [0.3, 0.4) is 0 Å². The first kappa shape index (κ1) is 16.1. The zero-order valence-corrected chi connectivity index (χ0v) is 14.3. The number of rotatable bonds is 4. The summed E-state index contributed by atoms with van der Waals surface area (Å²) in [5, 5.41) is 3.04. The molecule has 4 heteroatoms. The number of nitrogens with one attached hydrogen (secondary N) is 1. The summed E-state index contributed by atoms with van der Waals surface area (Å²) >= 11 is 9.55. The first-order valence-electron chi connectivity index (χ1n) is 6.66. The molecule has 2 aromatic carbocycles. The minimum atomic E-state index is -0.607. The van der Waals surface area contributed by atoms with Crippen molar-refractivity contribution in [1.82, 2.24) is 5.32 Å². The van der Waals surface area contributed by atoms with Crippen molar-refractivity contribution in [2.45, 2.75) is 19.4 Å². The van der Waals surface area contributed by atoms with Gasteiger partial charge in [0.05, 0.1) is 11.1 Å². The Balaban J connectivity index is 2.28. The van der Waals surface area contributed by atoms with Crippen LogP contribution >= 0.6 is 27.5 Å². The van der Waals surface area contributed by atoms with Gasteiger partial charge in [-0.2, -0.15) is 0 Å². The van der Waals surface area contributed by atoms with E-state index >= 15 is 0 Å². The average molecular weight is 367 g/mol. The molecule has 1 amide bonds. The van der Waals surface area contributed by atoms with Crippen molar-refractivity contribution in [2.24, 2.45) is 0 Å². The summed E-state index contributed by atoms with van der Waals surface area (Å²) in [6, 6.07) is 15.4. The SMILES string of the molecule is Cc1ccc(C(=O)NC(C)(CCl)c2ccccc2)c(Br)c1. The zero-order valence-electron chi connectivity index (χ0n) is 12.0. The summed E-state index contributed by atoms with van der Waals surface area (Å²) in [5.41, 5.74) is 2.08. The Bertz CT molecular complexity index is 644. The lowest BCUT2D eigenvalue weighted by molar-refractivity contribution is 0.0912. The second-order valence-electron chi connectivity index (χ2n) is 5.27. The van der Waals surface area contributed by atoms with Crippen LogP contribution in [-0.2, 0) is 5.54 Å². The van der Waals surface area contributed by atoms with Gasteiger partial charge in [0.1, 0.15) is 0 Å². The van der Waals surface area contributed by atoms with Crippen molar-refractivity contribution < 1.29 is 4.79 Å². The highest BCUT2D eigenvalue weighted by Crippen LogP contribution is 2.24. The van der Waals surface area contributed by atoms with Gasteiger partial charge in [-0.1, -0.05) is 36.4 Å². The van der Waals surface area contributed by atoms with Crippen LogP contribution in [0.2, 0.25) is 0 Å². The number of hydrogen-bond donors (Lipinski definition) is 1. The van der Waals surface area contributed by atoms with Crippen LogP contribution in [0.4, 0.5) is 0 Å². The van der Waals surface area contributed by atoms with E-state index in [4.69, 9.17) is 11.6 Å². The molecule has 2 nitrogen and oxygen atoms in total. The van der Waals surface area contributed by atoms with Gasteiger partial charge in [-0.15, -0.1) is 11.6 Å². The lowest BCUT2D eigenvalue weighted by Crippen LogP contribution is -2.45. The molecule has 2 aromatic rings. The van der Waals surface area contributed by atoms with Crippen LogP contribution < -0.4 is 5.32 Å². The Hall–Kier alpha value is -1.32. The van der Waals surface area contributed by atoms with E-state index in [0.29, 0.717) is 11.4 Å². The van der Waals surface area contributed by atoms with Crippen LogP contribution in [0.1, 0.15) is 28.4 Å². The monoisotopic (exact) mass is 365 g/mol. The Kier molecular flexibility index (Phi) is 5.07. The number of amides is 1. The number of carbonyl (C=O) groups is 1. The smallest absolute Gasteiger partial charge is 0.253 e. The molecule has 0 aliphatic heterocycles. The number of hydrogen-bond acceptors (Lipinski definition) is 1. The van der Waals surface area contributed by atoms with Gasteiger partial charge in [0, 0.05) is 10.4 Å². The van der Waals surface area contributed by atoms with Crippen molar-refractivity contribution in [2.75, 3.05) is 5.88 Å². The number of aryl methyl sites for hydroxylation is 1. The molecular formula is C17H17BrClNO. The first-order chi connectivity index (χ1) is 9.96. The minimum absolute atomic E-state index is 0.145. The van der Waals surface area contributed by atoms with Crippen LogP contribution in [0.25, 0.3) is 0 Å². The van der Waals surface area contributed by atoms with Gasteiger partial charge in [0.15, 0.2) is 0 Å². The maximum Gasteiger partial charge on any atom is 0.253 e. The van der Waals surface area contributed by atoms with Gasteiger partial charge >= 0.3 is 0 Å². The lowest BCUT2D eigenvalue weighted by atomic mass is 9.93.